The highest BCUT2D eigenvalue weighted by Gasteiger charge is 2.19. The number of hydrogen-bond donors (Lipinski definition) is 1. The van der Waals surface area contributed by atoms with Gasteiger partial charge in [-0.2, -0.15) is 0 Å². The Kier molecular flexibility index (Phi) is 7.35. The predicted molar refractivity (Wildman–Crippen MR) is 87.2 cm³/mol. The number of nitrogens with two attached hydrogens (primary N) is 1. The zero-order valence-electron chi connectivity index (χ0n) is 12.5. The van der Waals surface area contributed by atoms with Crippen LogP contribution in [0.25, 0.3) is 0 Å². The number of anilines is 1. The third-order valence-electron chi connectivity index (χ3n) is 3.56. The lowest BCUT2D eigenvalue weighted by Gasteiger charge is -2.32. The number of ether oxygens (including phenoxy) is 1. The highest BCUT2D eigenvalue weighted by Crippen LogP contribution is 2.17. The van der Waals surface area contributed by atoms with Crippen molar-refractivity contribution in [2.24, 2.45) is 5.92 Å². The minimum atomic E-state index is 0. The first-order valence-corrected chi connectivity index (χ1v) is 7.32. The van der Waals surface area contributed by atoms with Gasteiger partial charge in [0.1, 0.15) is 0 Å². The van der Waals surface area contributed by atoms with Gasteiger partial charge in [0.05, 0.1) is 6.10 Å². The maximum absolute atomic E-state index is 5.92. The summed E-state index contributed by atoms with van der Waals surface area (Å²) in [5.41, 5.74) is 7.98. The number of nitrogens with zero attached hydrogens (tertiary/aromatic N) is 1. The molecule has 0 spiro atoms. The molecule has 0 saturated carbocycles. The first-order chi connectivity index (χ1) is 9.13. The maximum atomic E-state index is 5.92. The minimum Gasteiger partial charge on any atom is -0.399 e. The Morgan fingerprint density at radius 3 is 2.60 bits per heavy atom. The fraction of sp³-hybridized carbons (Fsp3) is 0.625. The van der Waals surface area contributed by atoms with Crippen molar-refractivity contribution in [3.8, 4) is 0 Å². The molecule has 4 heteroatoms. The van der Waals surface area contributed by atoms with Crippen LogP contribution in [0.1, 0.15) is 32.3 Å². The molecule has 0 unspecified atom stereocenters. The second-order valence-corrected chi connectivity index (χ2v) is 5.95. The molecule has 2 rings (SSSR count). The molecule has 0 amide bonds. The first kappa shape index (κ1) is 17.3. The normalized spacial score (nSPS) is 17.1. The van der Waals surface area contributed by atoms with E-state index in [4.69, 9.17) is 10.5 Å². The van der Waals surface area contributed by atoms with E-state index in [9.17, 15) is 0 Å². The molecule has 1 aromatic rings. The van der Waals surface area contributed by atoms with Crippen LogP contribution in [0.4, 0.5) is 5.69 Å². The average molecular weight is 299 g/mol. The molecule has 1 saturated heterocycles. The van der Waals surface area contributed by atoms with Crippen LogP contribution in [0.5, 0.6) is 0 Å². The Hall–Kier alpha value is -0.770. The SMILES string of the molecule is CC(C)COC1CCN(Cc2cccc(N)c2)CC1.Cl. The molecule has 0 aliphatic carbocycles. The summed E-state index contributed by atoms with van der Waals surface area (Å²) >= 11 is 0. The van der Waals surface area contributed by atoms with Gasteiger partial charge in [-0.25, -0.2) is 0 Å². The summed E-state index contributed by atoms with van der Waals surface area (Å²) in [4.78, 5) is 2.49. The maximum Gasteiger partial charge on any atom is 0.0599 e. The van der Waals surface area contributed by atoms with E-state index in [-0.39, 0.29) is 12.4 Å². The highest BCUT2D eigenvalue weighted by molar-refractivity contribution is 5.85. The zero-order chi connectivity index (χ0) is 13.7. The van der Waals surface area contributed by atoms with E-state index in [1.54, 1.807) is 0 Å². The molecular weight excluding hydrogens is 272 g/mol. The van der Waals surface area contributed by atoms with Gasteiger partial charge >= 0.3 is 0 Å². The van der Waals surface area contributed by atoms with Crippen molar-refractivity contribution < 1.29 is 4.74 Å². The second-order valence-electron chi connectivity index (χ2n) is 5.95. The largest absolute Gasteiger partial charge is 0.399 e. The molecule has 3 nitrogen and oxygen atoms in total. The second kappa shape index (κ2) is 8.50. The summed E-state index contributed by atoms with van der Waals surface area (Å²) in [5.74, 6) is 0.630. The molecular formula is C16H27ClN2O. The van der Waals surface area contributed by atoms with Crippen molar-refractivity contribution in [3.63, 3.8) is 0 Å². The highest BCUT2D eigenvalue weighted by atomic mass is 35.5. The number of likely N-dealkylation sites (tertiary alicyclic amines) is 1. The van der Waals surface area contributed by atoms with Gasteiger partial charge in [0.2, 0.25) is 0 Å². The number of piperidine rings is 1. The van der Waals surface area contributed by atoms with Crippen LogP contribution < -0.4 is 5.73 Å². The molecule has 1 aromatic carbocycles. The summed E-state index contributed by atoms with van der Waals surface area (Å²) < 4.78 is 5.92. The van der Waals surface area contributed by atoms with Crippen molar-refractivity contribution in [2.75, 3.05) is 25.4 Å². The van der Waals surface area contributed by atoms with Crippen molar-refractivity contribution in [1.82, 2.24) is 4.90 Å². The first-order valence-electron chi connectivity index (χ1n) is 7.32. The van der Waals surface area contributed by atoms with Gasteiger partial charge in [-0.1, -0.05) is 26.0 Å². The number of nitrogen functional groups attached to an aromatic ring is 1. The molecule has 2 N–H and O–H groups in total. The van der Waals surface area contributed by atoms with E-state index in [1.165, 1.54) is 5.56 Å². The predicted octanol–water partition coefficient (Wildman–Crippen LogP) is 3.33. The monoisotopic (exact) mass is 298 g/mol. The lowest BCUT2D eigenvalue weighted by Crippen LogP contribution is -2.37. The summed E-state index contributed by atoms with van der Waals surface area (Å²) in [7, 11) is 0. The van der Waals surface area contributed by atoms with Crippen molar-refractivity contribution in [1.29, 1.82) is 0 Å². The quantitative estimate of drug-likeness (QED) is 0.848. The lowest BCUT2D eigenvalue weighted by molar-refractivity contribution is -0.00584. The Morgan fingerprint density at radius 1 is 1.30 bits per heavy atom. The van der Waals surface area contributed by atoms with Crippen molar-refractivity contribution in [2.45, 2.75) is 39.3 Å². The van der Waals surface area contributed by atoms with E-state index < -0.39 is 0 Å². The standard InChI is InChI=1S/C16H26N2O.ClH/c1-13(2)12-19-16-6-8-18(9-7-16)11-14-4-3-5-15(17)10-14;/h3-5,10,13,16H,6-9,11-12,17H2,1-2H3;1H. The molecule has 20 heavy (non-hydrogen) atoms. The number of benzene rings is 1. The van der Waals surface area contributed by atoms with Crippen molar-refractivity contribution in [3.05, 3.63) is 29.8 Å². The Balaban J connectivity index is 0.00000200. The Bertz CT molecular complexity index is 390. The van der Waals surface area contributed by atoms with Crippen molar-refractivity contribution >= 4 is 18.1 Å². The van der Waals surface area contributed by atoms with Gasteiger partial charge in [-0.3, -0.25) is 4.90 Å². The minimum absolute atomic E-state index is 0. The zero-order valence-corrected chi connectivity index (χ0v) is 13.4. The van der Waals surface area contributed by atoms with Gasteiger partial charge in [-0.05, 0) is 36.5 Å². The Morgan fingerprint density at radius 2 is 2.00 bits per heavy atom. The molecule has 0 atom stereocenters. The summed E-state index contributed by atoms with van der Waals surface area (Å²) in [5, 5.41) is 0. The molecule has 1 heterocycles. The van der Waals surface area contributed by atoms with E-state index in [0.29, 0.717) is 12.0 Å². The van der Waals surface area contributed by atoms with Crippen LogP contribution in [-0.4, -0.2) is 30.7 Å². The van der Waals surface area contributed by atoms with E-state index in [1.807, 2.05) is 12.1 Å². The molecule has 0 aromatic heterocycles. The van der Waals surface area contributed by atoms with Gasteiger partial charge in [0.15, 0.2) is 0 Å². The lowest BCUT2D eigenvalue weighted by atomic mass is 10.1. The topological polar surface area (TPSA) is 38.5 Å². The summed E-state index contributed by atoms with van der Waals surface area (Å²) in [6, 6.07) is 8.19. The van der Waals surface area contributed by atoms with Gasteiger partial charge in [0, 0.05) is 31.9 Å². The van der Waals surface area contributed by atoms with Crippen LogP contribution in [0.2, 0.25) is 0 Å². The molecule has 114 valence electrons. The summed E-state index contributed by atoms with van der Waals surface area (Å²) in [6.07, 6.45) is 2.75. The van der Waals surface area contributed by atoms with Crippen LogP contribution in [-0.2, 0) is 11.3 Å². The number of halogens is 1. The third kappa shape index (κ3) is 5.70. The van der Waals surface area contributed by atoms with Crippen LogP contribution in [0, 0.1) is 5.92 Å². The van der Waals surface area contributed by atoms with Crippen LogP contribution in [0.3, 0.4) is 0 Å². The fourth-order valence-corrected chi connectivity index (χ4v) is 2.51. The Labute approximate surface area is 128 Å². The van der Waals surface area contributed by atoms with E-state index >= 15 is 0 Å². The summed E-state index contributed by atoms with van der Waals surface area (Å²) in [6.45, 7) is 8.54. The van der Waals surface area contributed by atoms with Crippen LogP contribution >= 0.6 is 12.4 Å². The smallest absolute Gasteiger partial charge is 0.0599 e. The third-order valence-corrected chi connectivity index (χ3v) is 3.56. The van der Waals surface area contributed by atoms with E-state index in [2.05, 4.69) is 30.9 Å². The molecule has 1 fully saturated rings. The molecule has 1 aliphatic rings. The molecule has 1 aliphatic heterocycles. The average Bonchev–Trinajstić information content (AvgIpc) is 2.38. The van der Waals surface area contributed by atoms with Gasteiger partial charge < -0.3 is 10.5 Å². The molecule has 0 bridgehead atoms. The number of rotatable bonds is 5. The van der Waals surface area contributed by atoms with E-state index in [0.717, 1.165) is 44.8 Å². The molecule has 0 radical (unpaired) electrons. The number of hydrogen-bond acceptors (Lipinski definition) is 3. The van der Waals surface area contributed by atoms with Gasteiger partial charge in [-0.15, -0.1) is 12.4 Å². The van der Waals surface area contributed by atoms with Crippen LogP contribution in [0.15, 0.2) is 24.3 Å². The fourth-order valence-electron chi connectivity index (χ4n) is 2.51. The van der Waals surface area contributed by atoms with Gasteiger partial charge in [0.25, 0.3) is 0 Å².